The quantitative estimate of drug-likeness (QED) is 0.368. The molecular formula is C23H27FN8O2. The maximum atomic E-state index is 14.8. The molecule has 0 saturated heterocycles. The third-order valence-electron chi connectivity index (χ3n) is 5.06. The van der Waals surface area contributed by atoms with E-state index < -0.39 is 24.0 Å². The molecule has 2 atom stereocenters. The molecular weight excluding hydrogens is 439 g/mol. The Balaban J connectivity index is 1.90. The highest BCUT2D eigenvalue weighted by Crippen LogP contribution is 2.25. The van der Waals surface area contributed by atoms with Gasteiger partial charge in [0, 0.05) is 18.3 Å². The van der Waals surface area contributed by atoms with E-state index in [4.69, 9.17) is 5.11 Å². The molecule has 3 heterocycles. The number of nitrogens with zero attached hydrogens (tertiary/aromatic N) is 5. The Morgan fingerprint density at radius 3 is 2.62 bits per heavy atom. The summed E-state index contributed by atoms with van der Waals surface area (Å²) >= 11 is 0. The summed E-state index contributed by atoms with van der Waals surface area (Å²) in [6.07, 6.45) is 6.17. The highest BCUT2D eigenvalue weighted by molar-refractivity contribution is 5.66. The number of amides is 1. The molecule has 0 aliphatic rings. The van der Waals surface area contributed by atoms with E-state index >= 15 is 0 Å². The fourth-order valence-electron chi connectivity index (χ4n) is 3.45. The predicted octanol–water partition coefficient (Wildman–Crippen LogP) is 4.21. The lowest BCUT2D eigenvalue weighted by Gasteiger charge is -2.27. The van der Waals surface area contributed by atoms with E-state index in [0.717, 1.165) is 11.6 Å². The van der Waals surface area contributed by atoms with E-state index in [1.165, 1.54) is 0 Å². The summed E-state index contributed by atoms with van der Waals surface area (Å²) in [6, 6.07) is 3.88. The van der Waals surface area contributed by atoms with Gasteiger partial charge in [0.2, 0.25) is 0 Å². The Morgan fingerprint density at radius 2 is 2.00 bits per heavy atom. The summed E-state index contributed by atoms with van der Waals surface area (Å²) in [4.78, 5) is 19.6. The number of nitriles is 1. The van der Waals surface area contributed by atoms with Crippen LogP contribution < -0.4 is 16.0 Å². The minimum absolute atomic E-state index is 0.0144. The smallest absolute Gasteiger partial charge is 0.404 e. The number of anilines is 3. The maximum absolute atomic E-state index is 14.8. The van der Waals surface area contributed by atoms with Gasteiger partial charge in [-0.3, -0.25) is 4.98 Å². The maximum Gasteiger partial charge on any atom is 0.404 e. The molecule has 11 heteroatoms. The number of carboxylic acid groups (broad SMARTS) is 1. The zero-order valence-electron chi connectivity index (χ0n) is 19.4. The first-order valence-electron chi connectivity index (χ1n) is 10.8. The minimum atomic E-state index is -1.17. The van der Waals surface area contributed by atoms with Crippen molar-refractivity contribution in [2.45, 2.75) is 46.2 Å². The van der Waals surface area contributed by atoms with Gasteiger partial charge in [-0.1, -0.05) is 13.8 Å². The normalized spacial score (nSPS) is 12.6. The number of hydrogen-bond acceptors (Lipinski definition) is 7. The Kier molecular flexibility index (Phi) is 7.63. The standard InChI is InChI=1S/C23H27FN8O2/c1-13(2)5-20(15(4)28-23(33)34)30-22-19(24)6-16(8-25)21(31-22)29-17-7-18(11-26-10-17)32-12-14(3)9-27-32/h6-7,9-13,15,20,28H,5H2,1-4H3,(H,33,34)(H2,29,30,31)/t15-,20+/m0/s1. The van der Waals surface area contributed by atoms with Gasteiger partial charge in [0.25, 0.3) is 0 Å². The van der Waals surface area contributed by atoms with Gasteiger partial charge in [-0.15, -0.1) is 0 Å². The molecule has 3 aromatic heterocycles. The van der Waals surface area contributed by atoms with Crippen LogP contribution in [0.15, 0.2) is 36.9 Å². The number of aromatic nitrogens is 4. The lowest BCUT2D eigenvalue weighted by molar-refractivity contribution is 0.188. The van der Waals surface area contributed by atoms with Gasteiger partial charge in [-0.25, -0.2) is 18.9 Å². The van der Waals surface area contributed by atoms with Crippen LogP contribution in [0, 0.1) is 30.0 Å². The molecule has 0 saturated carbocycles. The fraction of sp³-hybridized carbons (Fsp3) is 0.348. The average Bonchev–Trinajstić information content (AvgIpc) is 3.21. The molecule has 3 rings (SSSR count). The number of nitrogens with one attached hydrogen (secondary N) is 3. The molecule has 178 valence electrons. The third-order valence-corrected chi connectivity index (χ3v) is 5.06. The van der Waals surface area contributed by atoms with Crippen LogP contribution in [0.25, 0.3) is 5.69 Å². The second kappa shape index (κ2) is 10.6. The number of carbonyl (C=O) groups is 1. The van der Waals surface area contributed by atoms with E-state index in [9.17, 15) is 14.4 Å². The summed E-state index contributed by atoms with van der Waals surface area (Å²) in [5, 5.41) is 31.3. The molecule has 1 amide bonds. The first kappa shape index (κ1) is 24.4. The molecule has 0 spiro atoms. The van der Waals surface area contributed by atoms with Crippen LogP contribution in [0.2, 0.25) is 0 Å². The second-order valence-electron chi connectivity index (χ2n) is 8.46. The number of aryl methyl sites for hydroxylation is 1. The zero-order chi connectivity index (χ0) is 24.8. The van der Waals surface area contributed by atoms with Gasteiger partial charge < -0.3 is 21.1 Å². The van der Waals surface area contributed by atoms with Crippen molar-refractivity contribution >= 4 is 23.4 Å². The highest BCUT2D eigenvalue weighted by Gasteiger charge is 2.23. The summed E-state index contributed by atoms with van der Waals surface area (Å²) in [5.74, 6) is -0.436. The largest absolute Gasteiger partial charge is 0.465 e. The van der Waals surface area contributed by atoms with Crippen molar-refractivity contribution in [3.05, 3.63) is 53.9 Å². The molecule has 0 bridgehead atoms. The number of hydrogen-bond donors (Lipinski definition) is 4. The Labute approximate surface area is 196 Å². The van der Waals surface area contributed by atoms with Gasteiger partial charge in [-0.05, 0) is 43.9 Å². The molecule has 0 unspecified atom stereocenters. The van der Waals surface area contributed by atoms with Crippen molar-refractivity contribution in [3.63, 3.8) is 0 Å². The monoisotopic (exact) mass is 466 g/mol. The second-order valence-corrected chi connectivity index (χ2v) is 8.46. The Morgan fingerprint density at radius 1 is 1.24 bits per heavy atom. The number of halogens is 1. The Hall–Kier alpha value is -4.20. The van der Waals surface area contributed by atoms with Crippen LogP contribution >= 0.6 is 0 Å². The zero-order valence-corrected chi connectivity index (χ0v) is 19.4. The van der Waals surface area contributed by atoms with Crippen molar-refractivity contribution in [1.29, 1.82) is 5.26 Å². The van der Waals surface area contributed by atoms with Gasteiger partial charge in [-0.2, -0.15) is 10.4 Å². The molecule has 0 fully saturated rings. The predicted molar refractivity (Wildman–Crippen MR) is 126 cm³/mol. The minimum Gasteiger partial charge on any atom is -0.465 e. The van der Waals surface area contributed by atoms with Gasteiger partial charge in [0.05, 0.1) is 35.5 Å². The van der Waals surface area contributed by atoms with E-state index in [-0.39, 0.29) is 23.1 Å². The van der Waals surface area contributed by atoms with Crippen molar-refractivity contribution in [3.8, 4) is 11.8 Å². The number of rotatable bonds is 9. The molecule has 10 nitrogen and oxygen atoms in total. The summed E-state index contributed by atoms with van der Waals surface area (Å²) < 4.78 is 16.5. The SMILES string of the molecule is Cc1cnn(-c2cncc(Nc3nc(N[C@H](CC(C)C)[C@H](C)NC(=O)O)c(F)cc3C#N)c2)c1. The summed E-state index contributed by atoms with van der Waals surface area (Å²) in [7, 11) is 0. The van der Waals surface area contributed by atoms with Crippen molar-refractivity contribution in [2.75, 3.05) is 10.6 Å². The Bertz CT molecular complexity index is 1200. The molecule has 3 aromatic rings. The van der Waals surface area contributed by atoms with Crippen molar-refractivity contribution in [2.24, 2.45) is 5.92 Å². The lowest BCUT2D eigenvalue weighted by atomic mass is 9.98. The van der Waals surface area contributed by atoms with Crippen LogP contribution in [0.5, 0.6) is 0 Å². The van der Waals surface area contributed by atoms with Crippen molar-refractivity contribution < 1.29 is 14.3 Å². The number of pyridine rings is 2. The molecule has 4 N–H and O–H groups in total. The van der Waals surface area contributed by atoms with Gasteiger partial charge in [0.1, 0.15) is 6.07 Å². The van der Waals surface area contributed by atoms with Crippen LogP contribution in [-0.2, 0) is 0 Å². The van der Waals surface area contributed by atoms with Crippen LogP contribution in [0.3, 0.4) is 0 Å². The topological polar surface area (TPSA) is 141 Å². The molecule has 0 aliphatic carbocycles. The summed E-state index contributed by atoms with van der Waals surface area (Å²) in [5.41, 5.74) is 2.23. The highest BCUT2D eigenvalue weighted by atomic mass is 19.1. The van der Waals surface area contributed by atoms with Crippen LogP contribution in [0.1, 0.15) is 38.3 Å². The van der Waals surface area contributed by atoms with Gasteiger partial charge in [0.15, 0.2) is 17.5 Å². The van der Waals surface area contributed by atoms with E-state index in [2.05, 4.69) is 31.0 Å². The first-order valence-corrected chi connectivity index (χ1v) is 10.8. The summed E-state index contributed by atoms with van der Waals surface area (Å²) in [6.45, 7) is 7.59. The molecule has 0 aliphatic heterocycles. The molecule has 0 aromatic carbocycles. The average molecular weight is 467 g/mol. The van der Waals surface area contributed by atoms with Gasteiger partial charge >= 0.3 is 6.09 Å². The third kappa shape index (κ3) is 6.19. The van der Waals surface area contributed by atoms with E-state index in [1.54, 1.807) is 36.3 Å². The lowest BCUT2D eigenvalue weighted by Crippen LogP contribution is -2.45. The van der Waals surface area contributed by atoms with E-state index in [0.29, 0.717) is 17.8 Å². The molecule has 0 radical (unpaired) electrons. The van der Waals surface area contributed by atoms with Crippen LogP contribution in [-0.4, -0.2) is 43.0 Å². The first-order chi connectivity index (χ1) is 16.2. The van der Waals surface area contributed by atoms with Crippen LogP contribution in [0.4, 0.5) is 26.5 Å². The van der Waals surface area contributed by atoms with Crippen molar-refractivity contribution in [1.82, 2.24) is 25.1 Å². The molecule has 34 heavy (non-hydrogen) atoms. The fourth-order valence-corrected chi connectivity index (χ4v) is 3.45. The van der Waals surface area contributed by atoms with E-state index in [1.807, 2.05) is 33.0 Å².